The van der Waals surface area contributed by atoms with Crippen LogP contribution in [0.3, 0.4) is 0 Å². The molecule has 0 bridgehead atoms. The van der Waals surface area contributed by atoms with E-state index in [4.69, 9.17) is 16.3 Å². The molecule has 3 heteroatoms. The second-order valence-electron chi connectivity index (χ2n) is 5.39. The average molecular weight is 269 g/mol. The van der Waals surface area contributed by atoms with E-state index in [1.165, 1.54) is 6.42 Å². The smallest absolute Gasteiger partial charge is 0.109 e. The first kappa shape index (κ1) is 13.9. The lowest BCUT2D eigenvalue weighted by Crippen LogP contribution is -2.42. The summed E-state index contributed by atoms with van der Waals surface area (Å²) in [5.74, 6) is 0.579. The first-order valence-electron chi connectivity index (χ1n) is 6.57. The molecule has 1 N–H and O–H groups in total. The molecule has 1 aliphatic carbocycles. The van der Waals surface area contributed by atoms with Crippen molar-refractivity contribution in [2.45, 2.75) is 44.3 Å². The molecule has 0 aromatic heterocycles. The molecule has 3 atom stereocenters. The van der Waals surface area contributed by atoms with Gasteiger partial charge in [0.05, 0.1) is 5.60 Å². The molecule has 2 nitrogen and oxygen atoms in total. The Kier molecular flexibility index (Phi) is 4.31. The topological polar surface area (TPSA) is 29.5 Å². The van der Waals surface area contributed by atoms with E-state index < -0.39 is 11.7 Å². The third-order valence-corrected chi connectivity index (χ3v) is 4.44. The molecule has 0 heterocycles. The predicted molar refractivity (Wildman–Crippen MR) is 73.8 cm³/mol. The van der Waals surface area contributed by atoms with Crippen LogP contribution in [0.25, 0.3) is 0 Å². The van der Waals surface area contributed by atoms with Gasteiger partial charge in [-0.3, -0.25) is 0 Å². The van der Waals surface area contributed by atoms with Gasteiger partial charge in [-0.1, -0.05) is 49.6 Å². The zero-order chi connectivity index (χ0) is 13.2. The fourth-order valence-corrected chi connectivity index (χ4v) is 3.31. The minimum Gasteiger partial charge on any atom is -0.385 e. The van der Waals surface area contributed by atoms with E-state index in [0.717, 1.165) is 24.8 Å². The number of benzene rings is 1. The Balaban J connectivity index is 2.30. The van der Waals surface area contributed by atoms with E-state index in [0.29, 0.717) is 10.9 Å². The average Bonchev–Trinajstić information content (AvgIpc) is 2.38. The molecule has 0 aliphatic heterocycles. The van der Waals surface area contributed by atoms with E-state index in [2.05, 4.69) is 6.92 Å². The fraction of sp³-hybridized carbons (Fsp3) is 0.600. The summed E-state index contributed by atoms with van der Waals surface area (Å²) in [7, 11) is 1.69. The summed E-state index contributed by atoms with van der Waals surface area (Å²) < 4.78 is 5.71. The molecular weight excluding hydrogens is 248 g/mol. The second kappa shape index (κ2) is 5.60. The first-order chi connectivity index (χ1) is 8.59. The van der Waals surface area contributed by atoms with Gasteiger partial charge in [-0.15, -0.1) is 0 Å². The van der Waals surface area contributed by atoms with Crippen molar-refractivity contribution in [2.24, 2.45) is 5.92 Å². The van der Waals surface area contributed by atoms with Crippen molar-refractivity contribution >= 4 is 11.6 Å². The Morgan fingerprint density at radius 2 is 2.17 bits per heavy atom. The lowest BCUT2D eigenvalue weighted by Gasteiger charge is -2.42. The zero-order valence-electron chi connectivity index (χ0n) is 11.0. The van der Waals surface area contributed by atoms with Gasteiger partial charge >= 0.3 is 0 Å². The Morgan fingerprint density at radius 3 is 2.78 bits per heavy atom. The lowest BCUT2D eigenvalue weighted by atomic mass is 9.74. The maximum atomic E-state index is 10.7. The number of ether oxygens (including phenoxy) is 1. The van der Waals surface area contributed by atoms with Crippen LogP contribution in [0.5, 0.6) is 0 Å². The third-order valence-electron chi connectivity index (χ3n) is 4.10. The SMILES string of the molecule is COC1(C(O)c2ccccc2Cl)CCCC(C)C1. The highest BCUT2D eigenvalue weighted by Gasteiger charge is 2.42. The van der Waals surface area contributed by atoms with Gasteiger partial charge in [-0.05, 0) is 24.8 Å². The van der Waals surface area contributed by atoms with Crippen LogP contribution < -0.4 is 0 Å². The molecule has 100 valence electrons. The normalized spacial score (nSPS) is 30.1. The molecule has 1 aromatic carbocycles. The third kappa shape index (κ3) is 2.56. The molecule has 0 radical (unpaired) electrons. The van der Waals surface area contributed by atoms with E-state index in [1.807, 2.05) is 24.3 Å². The van der Waals surface area contributed by atoms with Gasteiger partial charge in [0.1, 0.15) is 6.10 Å². The van der Waals surface area contributed by atoms with Crippen LogP contribution in [0.15, 0.2) is 24.3 Å². The van der Waals surface area contributed by atoms with Crippen LogP contribution in [-0.2, 0) is 4.74 Å². The van der Waals surface area contributed by atoms with Crippen molar-refractivity contribution in [3.63, 3.8) is 0 Å². The van der Waals surface area contributed by atoms with Gasteiger partial charge in [0.15, 0.2) is 0 Å². The monoisotopic (exact) mass is 268 g/mol. The van der Waals surface area contributed by atoms with Crippen LogP contribution in [0.1, 0.15) is 44.3 Å². The van der Waals surface area contributed by atoms with Crippen molar-refractivity contribution in [1.82, 2.24) is 0 Å². The van der Waals surface area contributed by atoms with Crippen LogP contribution in [-0.4, -0.2) is 17.8 Å². The number of aliphatic hydroxyl groups excluding tert-OH is 1. The molecule has 0 amide bonds. The summed E-state index contributed by atoms with van der Waals surface area (Å²) in [6, 6.07) is 7.48. The van der Waals surface area contributed by atoms with Crippen molar-refractivity contribution in [2.75, 3.05) is 7.11 Å². The minimum atomic E-state index is -0.654. The molecule has 3 unspecified atom stereocenters. The molecule has 0 saturated heterocycles. The van der Waals surface area contributed by atoms with Crippen LogP contribution in [0, 0.1) is 5.92 Å². The quantitative estimate of drug-likeness (QED) is 0.899. The molecule has 1 aliphatic rings. The minimum absolute atomic E-state index is 0.483. The standard InChI is InChI=1S/C15H21ClO2/c1-11-6-5-9-15(10-11,18-2)14(17)12-7-3-4-8-13(12)16/h3-4,7-8,11,14,17H,5-6,9-10H2,1-2H3. The van der Waals surface area contributed by atoms with Crippen molar-refractivity contribution in [1.29, 1.82) is 0 Å². The molecule has 1 saturated carbocycles. The van der Waals surface area contributed by atoms with E-state index in [-0.39, 0.29) is 0 Å². The molecular formula is C15H21ClO2. The number of rotatable bonds is 3. The Bertz CT molecular complexity index is 407. The highest BCUT2D eigenvalue weighted by molar-refractivity contribution is 6.31. The second-order valence-corrected chi connectivity index (χ2v) is 5.80. The highest BCUT2D eigenvalue weighted by atomic mass is 35.5. The van der Waals surface area contributed by atoms with Crippen molar-refractivity contribution < 1.29 is 9.84 Å². The van der Waals surface area contributed by atoms with Gasteiger partial charge in [-0.25, -0.2) is 0 Å². The van der Waals surface area contributed by atoms with Crippen molar-refractivity contribution in [3.05, 3.63) is 34.9 Å². The van der Waals surface area contributed by atoms with Gasteiger partial charge in [0, 0.05) is 17.7 Å². The van der Waals surface area contributed by atoms with Crippen LogP contribution in [0.4, 0.5) is 0 Å². The van der Waals surface area contributed by atoms with Gasteiger partial charge in [0.25, 0.3) is 0 Å². The summed E-state index contributed by atoms with van der Waals surface area (Å²) >= 11 is 6.18. The summed E-state index contributed by atoms with van der Waals surface area (Å²) in [5, 5.41) is 11.3. The molecule has 18 heavy (non-hydrogen) atoms. The number of hydrogen-bond donors (Lipinski definition) is 1. The lowest BCUT2D eigenvalue weighted by molar-refractivity contribution is -0.134. The zero-order valence-corrected chi connectivity index (χ0v) is 11.8. The Morgan fingerprint density at radius 1 is 1.44 bits per heavy atom. The molecule has 2 rings (SSSR count). The number of halogens is 1. The van der Waals surface area contributed by atoms with E-state index in [9.17, 15) is 5.11 Å². The summed E-state index contributed by atoms with van der Waals surface area (Å²) in [6.45, 7) is 2.21. The fourth-order valence-electron chi connectivity index (χ4n) is 3.07. The first-order valence-corrected chi connectivity index (χ1v) is 6.94. The van der Waals surface area contributed by atoms with Gasteiger partial charge in [0.2, 0.25) is 0 Å². The van der Waals surface area contributed by atoms with Crippen LogP contribution >= 0.6 is 11.6 Å². The molecule has 1 aromatic rings. The van der Waals surface area contributed by atoms with Gasteiger partial charge < -0.3 is 9.84 Å². The predicted octanol–water partition coefficient (Wildman–Crippen LogP) is 3.97. The maximum Gasteiger partial charge on any atom is 0.109 e. The largest absolute Gasteiger partial charge is 0.385 e. The molecule has 0 spiro atoms. The number of aliphatic hydroxyl groups is 1. The maximum absolute atomic E-state index is 10.7. The number of methoxy groups -OCH3 is 1. The number of hydrogen-bond acceptors (Lipinski definition) is 2. The summed E-state index contributed by atoms with van der Waals surface area (Å²) in [6.07, 6.45) is 3.42. The van der Waals surface area contributed by atoms with Crippen molar-refractivity contribution in [3.8, 4) is 0 Å². The van der Waals surface area contributed by atoms with E-state index in [1.54, 1.807) is 7.11 Å². The summed E-state index contributed by atoms with van der Waals surface area (Å²) in [5.41, 5.74) is 0.290. The Labute approximate surface area is 114 Å². The summed E-state index contributed by atoms with van der Waals surface area (Å²) in [4.78, 5) is 0. The molecule has 1 fully saturated rings. The van der Waals surface area contributed by atoms with Gasteiger partial charge in [-0.2, -0.15) is 0 Å². The van der Waals surface area contributed by atoms with Crippen LogP contribution in [0.2, 0.25) is 5.02 Å². The Hall–Kier alpha value is -0.570. The van der Waals surface area contributed by atoms with E-state index >= 15 is 0 Å². The highest BCUT2D eigenvalue weighted by Crippen LogP contribution is 2.44.